The number of hydrogen-bond acceptors (Lipinski definition) is 10. The maximum atomic E-state index is 13.4. The van der Waals surface area contributed by atoms with Gasteiger partial charge in [-0.1, -0.05) is 317 Å². The van der Waals surface area contributed by atoms with Crippen LogP contribution in [0, 0.1) is 0 Å². The van der Waals surface area contributed by atoms with Crippen LogP contribution in [0.5, 0.6) is 0 Å². The Bertz CT molecular complexity index is 1750. The molecule has 1 rings (SSSR count). The summed E-state index contributed by atoms with van der Waals surface area (Å²) in [5.41, 5.74) is 0. The Kier molecular flexibility index (Phi) is 57.0. The number of unbranched alkanes of at least 4 members (excludes halogenated alkanes) is 36. The summed E-state index contributed by atoms with van der Waals surface area (Å²) in [6.45, 7) is 5.64. The summed E-state index contributed by atoms with van der Waals surface area (Å²) in [5, 5.41) is 57.1. The second-order valence-corrected chi connectivity index (χ2v) is 24.0. The summed E-state index contributed by atoms with van der Waals surface area (Å²) in [6.07, 6.45) is 71.7. The third-order valence-electron chi connectivity index (χ3n) is 16.1. The van der Waals surface area contributed by atoms with Gasteiger partial charge in [0.25, 0.3) is 0 Å². The van der Waals surface area contributed by atoms with Gasteiger partial charge in [-0.25, -0.2) is 0 Å². The van der Waals surface area contributed by atoms with E-state index in [0.29, 0.717) is 12.8 Å². The number of amides is 1. The van der Waals surface area contributed by atoms with Crippen LogP contribution in [0.25, 0.3) is 0 Å². The van der Waals surface area contributed by atoms with Gasteiger partial charge < -0.3 is 45.1 Å². The molecular formula is C74H129NO10. The first-order chi connectivity index (χ1) is 41.7. The van der Waals surface area contributed by atoms with Crippen molar-refractivity contribution in [3.8, 4) is 0 Å². The number of aliphatic hydroxyl groups is 5. The molecule has 0 aromatic rings. The number of rotatable bonds is 59. The number of carbonyl (C=O) groups excluding carboxylic acids is 2. The molecule has 1 heterocycles. The van der Waals surface area contributed by atoms with Gasteiger partial charge in [-0.3, -0.25) is 9.59 Å². The van der Waals surface area contributed by atoms with Crippen molar-refractivity contribution in [2.75, 3.05) is 13.2 Å². The molecule has 11 nitrogen and oxygen atoms in total. The number of ether oxygens (including phenoxy) is 3. The van der Waals surface area contributed by atoms with E-state index in [0.717, 1.165) is 64.2 Å². The van der Waals surface area contributed by atoms with Crippen LogP contribution in [0.1, 0.15) is 297 Å². The summed E-state index contributed by atoms with van der Waals surface area (Å²) < 4.78 is 17.7. The second-order valence-electron chi connectivity index (χ2n) is 24.0. The number of aliphatic hydroxyl groups excluding tert-OH is 5. The Balaban J connectivity index is 2.58. The fourth-order valence-corrected chi connectivity index (χ4v) is 10.6. The Labute approximate surface area is 520 Å². The lowest BCUT2D eigenvalue weighted by atomic mass is 9.99. The molecule has 1 fully saturated rings. The fraction of sp³-hybridized carbons (Fsp3) is 0.757. The Hall–Kier alpha value is -3.42. The van der Waals surface area contributed by atoms with Gasteiger partial charge in [0.2, 0.25) is 5.91 Å². The van der Waals surface area contributed by atoms with Crippen molar-refractivity contribution in [2.45, 2.75) is 346 Å². The monoisotopic (exact) mass is 1190 g/mol. The van der Waals surface area contributed by atoms with Gasteiger partial charge in [0, 0.05) is 6.42 Å². The molecule has 0 aliphatic carbocycles. The van der Waals surface area contributed by atoms with E-state index in [1.54, 1.807) is 6.08 Å². The smallest absolute Gasteiger partial charge is 0.306 e. The third kappa shape index (κ3) is 48.2. The van der Waals surface area contributed by atoms with E-state index in [9.17, 15) is 35.1 Å². The lowest BCUT2D eigenvalue weighted by Gasteiger charge is -2.41. The topological polar surface area (TPSA) is 175 Å². The molecule has 8 atom stereocenters. The van der Waals surface area contributed by atoms with E-state index in [2.05, 4.69) is 44.3 Å². The molecule has 0 aromatic heterocycles. The highest BCUT2D eigenvalue weighted by Crippen LogP contribution is 2.26. The second kappa shape index (κ2) is 60.8. The molecule has 0 saturated carbocycles. The first kappa shape index (κ1) is 79.6. The molecule has 1 amide bonds. The van der Waals surface area contributed by atoms with Crippen LogP contribution in [0.4, 0.5) is 0 Å². The number of nitrogens with one attached hydrogen (secondary N) is 1. The van der Waals surface area contributed by atoms with Crippen molar-refractivity contribution >= 4 is 11.9 Å². The first-order valence-electron chi connectivity index (χ1n) is 35.1. The molecule has 0 aromatic carbocycles. The van der Waals surface area contributed by atoms with Crippen LogP contribution >= 0.6 is 0 Å². The van der Waals surface area contributed by atoms with Crippen LogP contribution in [0.2, 0.25) is 0 Å². The van der Waals surface area contributed by atoms with Gasteiger partial charge in [-0.2, -0.15) is 0 Å². The maximum Gasteiger partial charge on any atom is 0.306 e. The highest BCUT2D eigenvalue weighted by molar-refractivity contribution is 5.80. The van der Waals surface area contributed by atoms with Crippen LogP contribution < -0.4 is 5.32 Å². The molecule has 0 bridgehead atoms. The summed E-state index contributed by atoms with van der Waals surface area (Å²) >= 11 is 0. The first-order valence-corrected chi connectivity index (χ1v) is 35.1. The Morgan fingerprint density at radius 1 is 0.471 bits per heavy atom. The third-order valence-corrected chi connectivity index (χ3v) is 16.1. The van der Waals surface area contributed by atoms with Gasteiger partial charge >= 0.3 is 5.97 Å². The van der Waals surface area contributed by atoms with E-state index in [-0.39, 0.29) is 19.4 Å². The minimum absolute atomic E-state index is 0.116. The van der Waals surface area contributed by atoms with Gasteiger partial charge in [0.15, 0.2) is 12.4 Å². The average molecular weight is 1190 g/mol. The standard InChI is InChI=1S/C74H129NO10/c1-4-7-10-13-16-19-22-25-27-29-30-31-32-33-34-35-36-37-38-39-41-44-47-50-53-56-59-62-69(79)85-72-71(81)70(80)68(63-76)84-74(72)83-64-65(66(77)60-57-54-51-48-45-42-24-21-18-15-12-9-6-3)75-73(82)67(78)61-58-55-52-49-46-43-40-28-26-23-20-17-14-11-8-5-2/h8,11,14,17,20,23,25-28,40,43,46,49,57,60,65-68,70-72,74,76-78,80-81H,4-7,9-10,12-13,15-16,18-19,21-22,24,29-39,41-42,44-45,47-48,50-56,58-59,61-64H2,1-3H3,(H,75,82)/b11-8-,17-14+,23-20+,27-25+,28-26-,43-40+,49-46+,60-57+. The van der Waals surface area contributed by atoms with Crippen LogP contribution in [0.15, 0.2) is 97.2 Å². The zero-order valence-corrected chi connectivity index (χ0v) is 54.5. The van der Waals surface area contributed by atoms with E-state index in [1.165, 1.54) is 186 Å². The number of esters is 1. The van der Waals surface area contributed by atoms with Gasteiger partial charge in [-0.15, -0.1) is 0 Å². The molecule has 490 valence electrons. The minimum Gasteiger partial charge on any atom is -0.454 e. The van der Waals surface area contributed by atoms with E-state index in [4.69, 9.17) is 14.2 Å². The quantitative estimate of drug-likeness (QED) is 0.0149. The van der Waals surface area contributed by atoms with Crippen molar-refractivity contribution in [1.82, 2.24) is 5.32 Å². The van der Waals surface area contributed by atoms with Crippen LogP contribution in [-0.2, 0) is 23.8 Å². The molecule has 0 radical (unpaired) electrons. The molecule has 6 N–H and O–H groups in total. The van der Waals surface area contributed by atoms with Crippen molar-refractivity contribution in [2.24, 2.45) is 0 Å². The number of allylic oxidation sites excluding steroid dienone is 15. The SMILES string of the molecule is CC\C=C/C=C/C=C/C=C\C=C\C=C\CCCCC(O)C(=O)NC(COC1OC(CO)C(O)C(O)C1OC(=O)CCCCCCCCCCCCCCCCCCC/C=C/CCCCCCCC)C(O)/C=C/CCCCCCCCCCCCC. The minimum atomic E-state index is -1.63. The summed E-state index contributed by atoms with van der Waals surface area (Å²) in [5.74, 6) is -1.24. The van der Waals surface area contributed by atoms with Crippen LogP contribution in [0.3, 0.4) is 0 Å². The fourth-order valence-electron chi connectivity index (χ4n) is 10.6. The molecule has 1 saturated heterocycles. The van der Waals surface area contributed by atoms with Crippen molar-refractivity contribution in [1.29, 1.82) is 0 Å². The van der Waals surface area contributed by atoms with Crippen LogP contribution in [-0.4, -0.2) is 99.6 Å². The molecule has 0 spiro atoms. The molecule has 1 aliphatic rings. The van der Waals surface area contributed by atoms with E-state index in [1.807, 2.05) is 72.9 Å². The number of hydrogen-bond donors (Lipinski definition) is 6. The average Bonchev–Trinajstić information content (AvgIpc) is 3.13. The maximum absolute atomic E-state index is 13.4. The molecule has 8 unspecified atom stereocenters. The highest BCUT2D eigenvalue weighted by Gasteiger charge is 2.47. The zero-order valence-electron chi connectivity index (χ0n) is 54.5. The summed E-state index contributed by atoms with van der Waals surface area (Å²) in [7, 11) is 0. The van der Waals surface area contributed by atoms with Gasteiger partial charge in [0.05, 0.1) is 25.4 Å². The van der Waals surface area contributed by atoms with E-state index >= 15 is 0 Å². The molecular weight excluding hydrogens is 1060 g/mol. The van der Waals surface area contributed by atoms with Gasteiger partial charge in [-0.05, 0) is 70.6 Å². The van der Waals surface area contributed by atoms with Crippen molar-refractivity contribution in [3.63, 3.8) is 0 Å². The Morgan fingerprint density at radius 3 is 1.31 bits per heavy atom. The molecule has 85 heavy (non-hydrogen) atoms. The lowest BCUT2D eigenvalue weighted by molar-refractivity contribution is -0.305. The largest absolute Gasteiger partial charge is 0.454 e. The van der Waals surface area contributed by atoms with E-state index < -0.39 is 67.4 Å². The molecule has 11 heteroatoms. The van der Waals surface area contributed by atoms with Gasteiger partial charge in [0.1, 0.15) is 24.4 Å². The lowest BCUT2D eigenvalue weighted by Crippen LogP contribution is -2.61. The predicted molar refractivity (Wildman–Crippen MR) is 356 cm³/mol. The van der Waals surface area contributed by atoms with Crippen molar-refractivity contribution in [3.05, 3.63) is 97.2 Å². The summed E-state index contributed by atoms with van der Waals surface area (Å²) in [6, 6.07) is -1.05. The normalized spacial score (nSPS) is 19.0. The van der Waals surface area contributed by atoms with Crippen molar-refractivity contribution < 1.29 is 49.3 Å². The highest BCUT2D eigenvalue weighted by atomic mass is 16.7. The number of carbonyl (C=O) groups is 2. The molecule has 1 aliphatic heterocycles. The Morgan fingerprint density at radius 2 is 0.859 bits per heavy atom. The summed E-state index contributed by atoms with van der Waals surface area (Å²) in [4.78, 5) is 26.6. The zero-order chi connectivity index (χ0) is 61.7. The predicted octanol–water partition coefficient (Wildman–Crippen LogP) is 17.8.